The highest BCUT2D eigenvalue weighted by Crippen LogP contribution is 2.09. The summed E-state index contributed by atoms with van der Waals surface area (Å²) in [6.07, 6.45) is 1.24. The van der Waals surface area contributed by atoms with E-state index in [4.69, 9.17) is 14.6 Å². The molecule has 1 aromatic carbocycles. The Morgan fingerprint density at radius 3 is 2.48 bits per heavy atom. The van der Waals surface area contributed by atoms with Crippen LogP contribution < -0.4 is 4.74 Å². The Morgan fingerprint density at radius 1 is 1.10 bits per heavy atom. The number of hydrogen-bond donors (Lipinski definition) is 1. The molecule has 1 heterocycles. The lowest BCUT2D eigenvalue weighted by molar-refractivity contribution is -0.147. The second-order valence-electron chi connectivity index (χ2n) is 4.12. The maximum Gasteiger partial charge on any atom is 0.354 e. The normalized spacial score (nSPS) is 9.90. The van der Waals surface area contributed by atoms with Gasteiger partial charge in [-0.15, -0.1) is 0 Å². The van der Waals surface area contributed by atoms with Gasteiger partial charge in [-0.1, -0.05) is 30.3 Å². The van der Waals surface area contributed by atoms with Crippen molar-refractivity contribution in [3.63, 3.8) is 0 Å². The van der Waals surface area contributed by atoms with Crippen molar-refractivity contribution in [2.24, 2.45) is 0 Å². The van der Waals surface area contributed by atoms with E-state index in [9.17, 15) is 9.59 Å². The van der Waals surface area contributed by atoms with Gasteiger partial charge in [-0.25, -0.2) is 14.6 Å². The van der Waals surface area contributed by atoms with Crippen LogP contribution in [0.1, 0.15) is 16.1 Å². The van der Waals surface area contributed by atoms with Crippen LogP contribution in [0, 0.1) is 0 Å². The molecule has 0 aliphatic heterocycles. The molecule has 0 aliphatic carbocycles. The van der Waals surface area contributed by atoms with Gasteiger partial charge in [-0.2, -0.15) is 0 Å². The van der Waals surface area contributed by atoms with Gasteiger partial charge < -0.3 is 14.6 Å². The predicted molar refractivity (Wildman–Crippen MR) is 72.9 cm³/mol. The zero-order chi connectivity index (χ0) is 15.1. The first kappa shape index (κ1) is 14.5. The summed E-state index contributed by atoms with van der Waals surface area (Å²) in [6.45, 7) is -0.0832. The van der Waals surface area contributed by atoms with E-state index in [1.807, 2.05) is 30.3 Å². The van der Waals surface area contributed by atoms with E-state index in [2.05, 4.69) is 4.98 Å². The third kappa shape index (κ3) is 4.61. The summed E-state index contributed by atoms with van der Waals surface area (Å²) in [5.41, 5.74) is 0.798. The molecule has 0 saturated heterocycles. The minimum atomic E-state index is -1.12. The molecule has 1 N–H and O–H groups in total. The van der Waals surface area contributed by atoms with Crippen LogP contribution in [-0.2, 0) is 16.1 Å². The van der Waals surface area contributed by atoms with Crippen molar-refractivity contribution in [1.82, 2.24) is 4.98 Å². The molecule has 0 unspecified atom stereocenters. The maximum absolute atomic E-state index is 11.5. The lowest BCUT2D eigenvalue weighted by Crippen LogP contribution is -2.15. The Kier molecular flexibility index (Phi) is 4.87. The number of aromatic carboxylic acids is 1. The Hall–Kier alpha value is -2.89. The number of esters is 1. The van der Waals surface area contributed by atoms with E-state index in [0.717, 1.165) is 5.56 Å². The highest BCUT2D eigenvalue weighted by Gasteiger charge is 2.07. The van der Waals surface area contributed by atoms with E-state index in [-0.39, 0.29) is 18.9 Å². The van der Waals surface area contributed by atoms with Crippen molar-refractivity contribution in [1.29, 1.82) is 0 Å². The Bertz CT molecular complexity index is 610. The number of pyridine rings is 1. The fourth-order valence-corrected chi connectivity index (χ4v) is 1.51. The molecular weight excluding hydrogens is 274 g/mol. The largest absolute Gasteiger partial charge is 0.480 e. The number of carbonyl (C=O) groups is 2. The van der Waals surface area contributed by atoms with Gasteiger partial charge in [-0.3, -0.25) is 0 Å². The predicted octanol–water partition coefficient (Wildman–Crippen LogP) is 1.90. The Labute approximate surface area is 121 Å². The molecule has 2 aromatic rings. The standard InChI is InChI=1S/C15H13NO5/c17-14(21-9-11-4-2-1-3-5-11)10-20-12-6-7-13(15(18)19)16-8-12/h1-8H,9-10H2,(H,18,19). The summed E-state index contributed by atoms with van der Waals surface area (Å²) in [5, 5.41) is 8.69. The topological polar surface area (TPSA) is 85.7 Å². The third-order valence-electron chi connectivity index (χ3n) is 2.55. The number of benzene rings is 1. The van der Waals surface area contributed by atoms with E-state index in [1.54, 1.807) is 0 Å². The molecule has 0 atom stereocenters. The summed E-state index contributed by atoms with van der Waals surface area (Å²) in [6, 6.07) is 12.0. The molecule has 2 rings (SSSR count). The molecule has 6 heteroatoms. The summed E-state index contributed by atoms with van der Waals surface area (Å²) >= 11 is 0. The minimum absolute atomic E-state index is 0.0889. The second-order valence-corrected chi connectivity index (χ2v) is 4.12. The van der Waals surface area contributed by atoms with Crippen molar-refractivity contribution < 1.29 is 24.2 Å². The number of rotatable bonds is 6. The highest BCUT2D eigenvalue weighted by atomic mass is 16.6. The number of carbonyl (C=O) groups excluding carboxylic acids is 1. The molecule has 1 aromatic heterocycles. The third-order valence-corrected chi connectivity index (χ3v) is 2.55. The van der Waals surface area contributed by atoms with E-state index in [0.29, 0.717) is 5.75 Å². The number of hydrogen-bond acceptors (Lipinski definition) is 5. The van der Waals surface area contributed by atoms with Crippen LogP contribution in [0.15, 0.2) is 48.7 Å². The molecule has 21 heavy (non-hydrogen) atoms. The van der Waals surface area contributed by atoms with Gasteiger partial charge in [0.25, 0.3) is 0 Å². The average Bonchev–Trinajstić information content (AvgIpc) is 2.52. The number of aromatic nitrogens is 1. The van der Waals surface area contributed by atoms with E-state index >= 15 is 0 Å². The van der Waals surface area contributed by atoms with Gasteiger partial charge in [0, 0.05) is 0 Å². The second kappa shape index (κ2) is 7.04. The van der Waals surface area contributed by atoms with Gasteiger partial charge in [0.05, 0.1) is 6.20 Å². The zero-order valence-electron chi connectivity index (χ0n) is 11.1. The number of carboxylic acid groups (broad SMARTS) is 1. The van der Waals surface area contributed by atoms with Gasteiger partial charge in [-0.05, 0) is 17.7 Å². The number of nitrogens with zero attached hydrogens (tertiary/aromatic N) is 1. The summed E-state index contributed by atoms with van der Waals surface area (Å²) < 4.78 is 10.2. The number of carboxylic acids is 1. The van der Waals surface area contributed by atoms with Gasteiger partial charge in [0.1, 0.15) is 18.1 Å². The first-order valence-electron chi connectivity index (χ1n) is 6.17. The fourth-order valence-electron chi connectivity index (χ4n) is 1.51. The van der Waals surface area contributed by atoms with Gasteiger partial charge in [0.2, 0.25) is 0 Å². The van der Waals surface area contributed by atoms with Gasteiger partial charge >= 0.3 is 11.9 Å². The lowest BCUT2D eigenvalue weighted by Gasteiger charge is -2.07. The summed E-state index contributed by atoms with van der Waals surface area (Å²) in [4.78, 5) is 25.8. The smallest absolute Gasteiger partial charge is 0.354 e. The molecular formula is C15H13NO5. The van der Waals surface area contributed by atoms with Crippen molar-refractivity contribution in [3.05, 3.63) is 59.9 Å². The molecule has 6 nitrogen and oxygen atoms in total. The quantitative estimate of drug-likeness (QED) is 0.817. The van der Waals surface area contributed by atoms with Crippen molar-refractivity contribution in [2.75, 3.05) is 6.61 Å². The van der Waals surface area contributed by atoms with Crippen molar-refractivity contribution >= 4 is 11.9 Å². The summed E-state index contributed by atoms with van der Waals surface area (Å²) in [5.74, 6) is -1.33. The highest BCUT2D eigenvalue weighted by molar-refractivity contribution is 5.85. The van der Waals surface area contributed by atoms with E-state index < -0.39 is 11.9 Å². The molecule has 0 saturated carbocycles. The Balaban J connectivity index is 1.77. The van der Waals surface area contributed by atoms with Crippen LogP contribution in [0.3, 0.4) is 0 Å². The van der Waals surface area contributed by atoms with E-state index in [1.165, 1.54) is 18.3 Å². The van der Waals surface area contributed by atoms with Crippen LogP contribution in [0.25, 0.3) is 0 Å². The monoisotopic (exact) mass is 287 g/mol. The average molecular weight is 287 g/mol. The molecule has 0 spiro atoms. The van der Waals surface area contributed by atoms with Crippen LogP contribution in [0.5, 0.6) is 5.75 Å². The fraction of sp³-hybridized carbons (Fsp3) is 0.133. The molecule has 0 fully saturated rings. The first-order chi connectivity index (χ1) is 10.1. The van der Waals surface area contributed by atoms with Crippen LogP contribution in [0.2, 0.25) is 0 Å². The Morgan fingerprint density at radius 2 is 1.86 bits per heavy atom. The van der Waals surface area contributed by atoms with Crippen LogP contribution in [0.4, 0.5) is 0 Å². The SMILES string of the molecule is O=C(COc1ccc(C(=O)O)nc1)OCc1ccccc1. The minimum Gasteiger partial charge on any atom is -0.480 e. The molecule has 0 radical (unpaired) electrons. The molecule has 0 bridgehead atoms. The zero-order valence-corrected chi connectivity index (χ0v) is 11.1. The maximum atomic E-state index is 11.5. The van der Waals surface area contributed by atoms with Crippen molar-refractivity contribution in [2.45, 2.75) is 6.61 Å². The van der Waals surface area contributed by atoms with Gasteiger partial charge in [0.15, 0.2) is 6.61 Å². The lowest BCUT2D eigenvalue weighted by atomic mass is 10.2. The molecule has 108 valence electrons. The first-order valence-corrected chi connectivity index (χ1v) is 6.17. The summed E-state index contributed by atoms with van der Waals surface area (Å²) in [7, 11) is 0. The molecule has 0 amide bonds. The van der Waals surface area contributed by atoms with Crippen LogP contribution in [-0.4, -0.2) is 28.6 Å². The van der Waals surface area contributed by atoms with Crippen molar-refractivity contribution in [3.8, 4) is 5.75 Å². The van der Waals surface area contributed by atoms with Crippen LogP contribution >= 0.6 is 0 Å². The molecule has 0 aliphatic rings. The number of ether oxygens (including phenoxy) is 2.